The number of ether oxygens (including phenoxy) is 2. The average Bonchev–Trinajstić information content (AvgIpc) is 3.17. The zero-order valence-corrected chi connectivity index (χ0v) is 16.1. The number of benzene rings is 2. The van der Waals surface area contributed by atoms with Crippen LogP contribution in [-0.4, -0.2) is 43.0 Å². The van der Waals surface area contributed by atoms with E-state index in [4.69, 9.17) is 9.47 Å². The molecule has 0 unspecified atom stereocenters. The smallest absolute Gasteiger partial charge is 0.266 e. The Morgan fingerprint density at radius 3 is 2.56 bits per heavy atom. The number of anilines is 1. The van der Waals surface area contributed by atoms with Gasteiger partial charge in [0.05, 0.1) is 13.2 Å². The molecule has 7 heteroatoms. The van der Waals surface area contributed by atoms with Crippen molar-refractivity contribution >= 4 is 22.4 Å². The summed E-state index contributed by atoms with van der Waals surface area (Å²) >= 11 is 1.38. The van der Waals surface area contributed by atoms with Gasteiger partial charge < -0.3 is 9.47 Å². The number of nitrogens with zero attached hydrogens (tertiary/aromatic N) is 3. The molecule has 0 radical (unpaired) electrons. The Kier molecular flexibility index (Phi) is 6.51. The van der Waals surface area contributed by atoms with E-state index in [-0.39, 0.29) is 12.5 Å². The maximum Gasteiger partial charge on any atom is 0.266 e. The summed E-state index contributed by atoms with van der Waals surface area (Å²) in [6, 6.07) is 17.2. The molecule has 1 heterocycles. The standard InChI is InChI=1S/C20H21N3O3S/c1-15-8-6-7-11-17(15)19-21-22-20(27-19)23(12-13-25-2)18(24)14-26-16-9-4-3-5-10-16/h3-11H,12-14H2,1-2H3. The molecule has 0 fully saturated rings. The van der Waals surface area contributed by atoms with Crippen molar-refractivity contribution in [2.75, 3.05) is 31.8 Å². The fourth-order valence-electron chi connectivity index (χ4n) is 2.50. The van der Waals surface area contributed by atoms with Crippen molar-refractivity contribution in [3.63, 3.8) is 0 Å². The predicted octanol–water partition coefficient (Wildman–Crippen LogP) is 3.57. The first-order chi connectivity index (χ1) is 13.2. The topological polar surface area (TPSA) is 64.5 Å². The molecule has 0 saturated carbocycles. The van der Waals surface area contributed by atoms with Gasteiger partial charge in [-0.25, -0.2) is 0 Å². The molecule has 0 atom stereocenters. The number of carbonyl (C=O) groups is 1. The van der Waals surface area contributed by atoms with Gasteiger partial charge in [-0.15, -0.1) is 10.2 Å². The van der Waals surface area contributed by atoms with Crippen LogP contribution in [0.2, 0.25) is 0 Å². The van der Waals surface area contributed by atoms with Crippen LogP contribution in [0.5, 0.6) is 5.75 Å². The Bertz CT molecular complexity index is 883. The van der Waals surface area contributed by atoms with Gasteiger partial charge in [0.25, 0.3) is 5.91 Å². The second-order valence-electron chi connectivity index (χ2n) is 5.84. The number of hydrogen-bond acceptors (Lipinski definition) is 6. The highest BCUT2D eigenvalue weighted by Gasteiger charge is 2.21. The van der Waals surface area contributed by atoms with Crippen LogP contribution in [0.25, 0.3) is 10.6 Å². The molecule has 140 valence electrons. The molecule has 3 rings (SSSR count). The highest BCUT2D eigenvalue weighted by Crippen LogP contribution is 2.30. The Morgan fingerprint density at radius 2 is 1.81 bits per heavy atom. The van der Waals surface area contributed by atoms with E-state index in [1.54, 1.807) is 12.0 Å². The van der Waals surface area contributed by atoms with Crippen molar-refractivity contribution < 1.29 is 14.3 Å². The summed E-state index contributed by atoms with van der Waals surface area (Å²) in [6.45, 7) is 2.73. The number of aromatic nitrogens is 2. The van der Waals surface area contributed by atoms with Gasteiger partial charge >= 0.3 is 0 Å². The third-order valence-electron chi connectivity index (χ3n) is 3.95. The Morgan fingerprint density at radius 1 is 1.07 bits per heavy atom. The molecule has 1 amide bonds. The molecule has 27 heavy (non-hydrogen) atoms. The van der Waals surface area contributed by atoms with Gasteiger partial charge in [0.15, 0.2) is 6.61 Å². The van der Waals surface area contributed by atoms with E-state index in [2.05, 4.69) is 10.2 Å². The summed E-state index contributed by atoms with van der Waals surface area (Å²) in [5.74, 6) is 0.457. The molecule has 3 aromatic rings. The summed E-state index contributed by atoms with van der Waals surface area (Å²) in [4.78, 5) is 14.3. The third kappa shape index (κ3) is 4.90. The molecular weight excluding hydrogens is 362 g/mol. The largest absolute Gasteiger partial charge is 0.484 e. The van der Waals surface area contributed by atoms with Gasteiger partial charge in [0.1, 0.15) is 10.8 Å². The molecule has 0 aliphatic rings. The first-order valence-electron chi connectivity index (χ1n) is 8.55. The van der Waals surface area contributed by atoms with Gasteiger partial charge in [-0.3, -0.25) is 9.69 Å². The van der Waals surface area contributed by atoms with Crippen molar-refractivity contribution in [3.8, 4) is 16.3 Å². The van der Waals surface area contributed by atoms with E-state index in [1.165, 1.54) is 11.3 Å². The number of aryl methyl sites for hydroxylation is 1. The van der Waals surface area contributed by atoms with Gasteiger partial charge in [-0.1, -0.05) is 53.8 Å². The zero-order chi connectivity index (χ0) is 19.1. The maximum absolute atomic E-state index is 12.7. The molecule has 0 aliphatic heterocycles. The van der Waals surface area contributed by atoms with Crippen LogP contribution in [0, 0.1) is 6.92 Å². The minimum Gasteiger partial charge on any atom is -0.484 e. The van der Waals surface area contributed by atoms with Crippen molar-refractivity contribution in [2.45, 2.75) is 6.92 Å². The Balaban J connectivity index is 1.76. The third-order valence-corrected chi connectivity index (χ3v) is 4.93. The number of para-hydroxylation sites is 1. The first kappa shape index (κ1) is 19.0. The lowest BCUT2D eigenvalue weighted by Crippen LogP contribution is -2.37. The first-order valence-corrected chi connectivity index (χ1v) is 9.37. The second-order valence-corrected chi connectivity index (χ2v) is 6.80. The van der Waals surface area contributed by atoms with Crippen molar-refractivity contribution in [3.05, 3.63) is 60.2 Å². The van der Waals surface area contributed by atoms with Crippen molar-refractivity contribution in [2.24, 2.45) is 0 Å². The Hall–Kier alpha value is -2.77. The highest BCUT2D eigenvalue weighted by atomic mass is 32.1. The average molecular weight is 383 g/mol. The van der Waals surface area contributed by atoms with Crippen LogP contribution in [0.15, 0.2) is 54.6 Å². The SMILES string of the molecule is COCCN(C(=O)COc1ccccc1)c1nnc(-c2ccccc2C)s1. The van der Waals surface area contributed by atoms with E-state index in [1.807, 2.05) is 61.5 Å². The predicted molar refractivity (Wildman–Crippen MR) is 106 cm³/mol. The molecule has 0 N–H and O–H groups in total. The van der Waals surface area contributed by atoms with E-state index in [9.17, 15) is 4.79 Å². The van der Waals surface area contributed by atoms with Crippen LogP contribution in [0.1, 0.15) is 5.56 Å². The fraction of sp³-hybridized carbons (Fsp3) is 0.250. The molecule has 0 spiro atoms. The van der Waals surface area contributed by atoms with Crippen molar-refractivity contribution in [1.82, 2.24) is 10.2 Å². The normalized spacial score (nSPS) is 10.6. The minimum absolute atomic E-state index is 0.0764. The summed E-state index contributed by atoms with van der Waals surface area (Å²) in [5.41, 5.74) is 2.13. The summed E-state index contributed by atoms with van der Waals surface area (Å²) in [5, 5.41) is 9.81. The number of hydrogen-bond donors (Lipinski definition) is 0. The number of amides is 1. The number of carbonyl (C=O) groups excluding carboxylic acids is 1. The lowest BCUT2D eigenvalue weighted by molar-refractivity contribution is -0.120. The molecule has 0 aliphatic carbocycles. The summed E-state index contributed by atoms with van der Waals surface area (Å²) in [6.07, 6.45) is 0. The van der Waals surface area contributed by atoms with Gasteiger partial charge in [-0.2, -0.15) is 0 Å². The monoisotopic (exact) mass is 383 g/mol. The minimum atomic E-state index is -0.191. The van der Waals surface area contributed by atoms with E-state index in [0.717, 1.165) is 16.1 Å². The zero-order valence-electron chi connectivity index (χ0n) is 15.3. The second kappa shape index (κ2) is 9.25. The molecule has 2 aromatic carbocycles. The van der Waals surface area contributed by atoms with Gasteiger partial charge in [0.2, 0.25) is 5.13 Å². The highest BCUT2D eigenvalue weighted by molar-refractivity contribution is 7.18. The quantitative estimate of drug-likeness (QED) is 0.595. The van der Waals surface area contributed by atoms with E-state index < -0.39 is 0 Å². The van der Waals surface area contributed by atoms with Gasteiger partial charge in [-0.05, 0) is 24.6 Å². The van der Waals surface area contributed by atoms with Crippen LogP contribution in [0.3, 0.4) is 0 Å². The van der Waals surface area contributed by atoms with Crippen LogP contribution < -0.4 is 9.64 Å². The molecule has 0 bridgehead atoms. The van der Waals surface area contributed by atoms with E-state index >= 15 is 0 Å². The van der Waals surface area contributed by atoms with Gasteiger partial charge in [0, 0.05) is 12.7 Å². The fourth-order valence-corrected chi connectivity index (χ4v) is 3.47. The molecule has 0 saturated heterocycles. The van der Waals surface area contributed by atoms with Crippen molar-refractivity contribution in [1.29, 1.82) is 0 Å². The molecule has 6 nitrogen and oxygen atoms in total. The van der Waals surface area contributed by atoms with Crippen LogP contribution in [-0.2, 0) is 9.53 Å². The summed E-state index contributed by atoms with van der Waals surface area (Å²) < 4.78 is 10.7. The number of methoxy groups -OCH3 is 1. The van der Waals surface area contributed by atoms with Crippen LogP contribution >= 0.6 is 11.3 Å². The number of rotatable bonds is 8. The van der Waals surface area contributed by atoms with Crippen LogP contribution in [0.4, 0.5) is 5.13 Å². The van der Waals surface area contributed by atoms with E-state index in [0.29, 0.717) is 24.0 Å². The molecular formula is C20H21N3O3S. The summed E-state index contributed by atoms with van der Waals surface area (Å²) in [7, 11) is 1.60. The lowest BCUT2D eigenvalue weighted by atomic mass is 10.1. The lowest BCUT2D eigenvalue weighted by Gasteiger charge is -2.19. The Labute approximate surface area is 162 Å². The molecule has 1 aromatic heterocycles. The maximum atomic E-state index is 12.7.